The normalized spacial score (nSPS) is 12.1. The molecule has 1 N–H and O–H groups in total. The molecule has 0 fully saturated rings. The Morgan fingerprint density at radius 2 is 2.14 bits per heavy atom. The third-order valence-corrected chi connectivity index (χ3v) is 3.83. The van der Waals surface area contributed by atoms with E-state index in [4.69, 9.17) is 9.15 Å². The Morgan fingerprint density at radius 1 is 1.36 bits per heavy atom. The van der Waals surface area contributed by atoms with Gasteiger partial charge in [0, 0.05) is 25.8 Å². The molecule has 0 aliphatic rings. The molecule has 0 saturated carbocycles. The number of amides is 1. The maximum atomic E-state index is 11.9. The van der Waals surface area contributed by atoms with Crippen molar-refractivity contribution < 1.29 is 13.9 Å². The van der Waals surface area contributed by atoms with E-state index in [0.717, 1.165) is 12.0 Å². The number of hydrogen-bond donors (Lipinski definition) is 1. The summed E-state index contributed by atoms with van der Waals surface area (Å²) in [6, 6.07) is 9.53. The first-order chi connectivity index (χ1) is 10.7. The smallest absolute Gasteiger partial charge is 0.277 e. The van der Waals surface area contributed by atoms with Gasteiger partial charge in [-0.25, -0.2) is 0 Å². The van der Waals surface area contributed by atoms with Crippen LogP contribution >= 0.6 is 11.8 Å². The molecule has 2 rings (SSSR count). The van der Waals surface area contributed by atoms with Gasteiger partial charge in [-0.2, -0.15) is 0 Å². The van der Waals surface area contributed by atoms with Crippen molar-refractivity contribution in [3.8, 4) is 11.5 Å². The van der Waals surface area contributed by atoms with Gasteiger partial charge >= 0.3 is 0 Å². The summed E-state index contributed by atoms with van der Waals surface area (Å²) in [5, 5.41) is 10.9. The molecule has 0 bridgehead atoms. The van der Waals surface area contributed by atoms with E-state index in [-0.39, 0.29) is 11.2 Å². The highest BCUT2D eigenvalue weighted by molar-refractivity contribution is 8.00. The van der Waals surface area contributed by atoms with Crippen LogP contribution in [-0.2, 0) is 9.53 Å². The number of carbonyl (C=O) groups is 1. The zero-order valence-corrected chi connectivity index (χ0v) is 13.4. The number of carbonyl (C=O) groups excluding carboxylic acids is 1. The highest BCUT2D eigenvalue weighted by Crippen LogP contribution is 2.25. The average molecular weight is 321 g/mol. The maximum Gasteiger partial charge on any atom is 0.277 e. The predicted molar refractivity (Wildman–Crippen MR) is 84.6 cm³/mol. The Morgan fingerprint density at radius 3 is 2.86 bits per heavy atom. The third kappa shape index (κ3) is 4.85. The summed E-state index contributed by atoms with van der Waals surface area (Å²) in [4.78, 5) is 11.9. The van der Waals surface area contributed by atoms with Crippen molar-refractivity contribution in [2.75, 3.05) is 20.3 Å². The van der Waals surface area contributed by atoms with E-state index in [1.54, 1.807) is 7.11 Å². The van der Waals surface area contributed by atoms with Gasteiger partial charge in [-0.3, -0.25) is 4.79 Å². The summed E-state index contributed by atoms with van der Waals surface area (Å²) in [5.74, 6) is 0.399. The molecule has 0 aliphatic carbocycles. The molecule has 7 heteroatoms. The summed E-state index contributed by atoms with van der Waals surface area (Å²) in [6.07, 6.45) is 0.790. The number of ether oxygens (including phenoxy) is 1. The van der Waals surface area contributed by atoms with Crippen molar-refractivity contribution in [2.24, 2.45) is 0 Å². The number of aromatic nitrogens is 2. The Balaban J connectivity index is 1.85. The van der Waals surface area contributed by atoms with Crippen LogP contribution < -0.4 is 5.32 Å². The lowest BCUT2D eigenvalue weighted by Crippen LogP contribution is -2.32. The Bertz CT molecular complexity index is 589. The molecule has 0 spiro atoms. The fraction of sp³-hybridized carbons (Fsp3) is 0.400. The van der Waals surface area contributed by atoms with Crippen molar-refractivity contribution in [3.05, 3.63) is 30.3 Å². The number of thioether (sulfide) groups is 1. The lowest BCUT2D eigenvalue weighted by Gasteiger charge is -2.09. The highest BCUT2D eigenvalue weighted by atomic mass is 32.2. The molecule has 2 aromatic rings. The van der Waals surface area contributed by atoms with Crippen molar-refractivity contribution >= 4 is 17.7 Å². The highest BCUT2D eigenvalue weighted by Gasteiger charge is 2.18. The molecule has 0 saturated heterocycles. The molecule has 1 heterocycles. The molecule has 1 aromatic heterocycles. The number of methoxy groups -OCH3 is 1. The molecular weight excluding hydrogens is 302 g/mol. The Hall–Kier alpha value is -1.86. The van der Waals surface area contributed by atoms with Crippen LogP contribution in [0.1, 0.15) is 13.3 Å². The van der Waals surface area contributed by atoms with E-state index in [9.17, 15) is 4.79 Å². The first-order valence-corrected chi connectivity index (χ1v) is 7.91. The Kier molecular flexibility index (Phi) is 6.42. The van der Waals surface area contributed by atoms with Gasteiger partial charge in [0.25, 0.3) is 5.22 Å². The lowest BCUT2D eigenvalue weighted by atomic mass is 10.2. The van der Waals surface area contributed by atoms with Crippen LogP contribution in [-0.4, -0.2) is 41.6 Å². The Labute approximate surface area is 133 Å². The van der Waals surface area contributed by atoms with Gasteiger partial charge in [-0.1, -0.05) is 30.0 Å². The average Bonchev–Trinajstić information content (AvgIpc) is 3.00. The number of benzene rings is 1. The summed E-state index contributed by atoms with van der Waals surface area (Å²) in [6.45, 7) is 3.03. The first-order valence-electron chi connectivity index (χ1n) is 7.03. The van der Waals surface area contributed by atoms with E-state index in [2.05, 4.69) is 15.5 Å². The fourth-order valence-corrected chi connectivity index (χ4v) is 2.44. The third-order valence-electron chi connectivity index (χ3n) is 2.90. The van der Waals surface area contributed by atoms with Gasteiger partial charge in [0.2, 0.25) is 11.8 Å². The summed E-state index contributed by atoms with van der Waals surface area (Å²) in [7, 11) is 1.64. The minimum atomic E-state index is -0.299. The molecule has 0 radical (unpaired) electrons. The summed E-state index contributed by atoms with van der Waals surface area (Å²) in [5.41, 5.74) is 0.860. The topological polar surface area (TPSA) is 77.2 Å². The summed E-state index contributed by atoms with van der Waals surface area (Å²) < 4.78 is 10.5. The lowest BCUT2D eigenvalue weighted by molar-refractivity contribution is -0.120. The second kappa shape index (κ2) is 8.55. The molecule has 118 valence electrons. The predicted octanol–water partition coefficient (Wildman–Crippen LogP) is 2.37. The second-order valence-electron chi connectivity index (χ2n) is 4.64. The monoisotopic (exact) mass is 321 g/mol. The number of rotatable bonds is 8. The molecule has 1 amide bonds. The van der Waals surface area contributed by atoms with Gasteiger partial charge in [-0.15, -0.1) is 10.2 Å². The summed E-state index contributed by atoms with van der Waals surface area (Å²) >= 11 is 1.25. The van der Waals surface area contributed by atoms with Crippen molar-refractivity contribution in [3.63, 3.8) is 0 Å². The molecule has 22 heavy (non-hydrogen) atoms. The van der Waals surface area contributed by atoms with Gasteiger partial charge in [0.1, 0.15) is 0 Å². The number of nitrogens with zero attached hydrogens (tertiary/aromatic N) is 2. The van der Waals surface area contributed by atoms with Crippen LogP contribution in [0.5, 0.6) is 0 Å². The van der Waals surface area contributed by atoms with Crippen molar-refractivity contribution in [1.82, 2.24) is 15.5 Å². The maximum absolute atomic E-state index is 11.9. The minimum absolute atomic E-state index is 0.0550. The van der Waals surface area contributed by atoms with Gasteiger partial charge in [-0.05, 0) is 25.5 Å². The fourth-order valence-electron chi connectivity index (χ4n) is 1.73. The van der Waals surface area contributed by atoms with Crippen LogP contribution in [0.4, 0.5) is 0 Å². The standard InChI is InChI=1S/C15H19N3O3S/c1-11(13(19)16-9-6-10-20-2)22-15-18-17-14(21-15)12-7-4-3-5-8-12/h3-5,7-8,11H,6,9-10H2,1-2H3,(H,16,19). The van der Waals surface area contributed by atoms with Crippen molar-refractivity contribution in [2.45, 2.75) is 23.8 Å². The second-order valence-corrected chi connectivity index (χ2v) is 5.93. The van der Waals surface area contributed by atoms with E-state index in [0.29, 0.717) is 24.3 Å². The van der Waals surface area contributed by atoms with Crippen molar-refractivity contribution in [1.29, 1.82) is 0 Å². The van der Waals surface area contributed by atoms with Gasteiger partial charge < -0.3 is 14.5 Å². The quantitative estimate of drug-likeness (QED) is 0.594. The number of hydrogen-bond acceptors (Lipinski definition) is 6. The largest absolute Gasteiger partial charge is 0.411 e. The zero-order chi connectivity index (χ0) is 15.8. The van der Waals surface area contributed by atoms with Gasteiger partial charge in [0.05, 0.1) is 5.25 Å². The first kappa shape index (κ1) is 16.5. The SMILES string of the molecule is COCCCNC(=O)C(C)Sc1nnc(-c2ccccc2)o1. The minimum Gasteiger partial charge on any atom is -0.411 e. The molecular formula is C15H19N3O3S. The molecule has 1 aromatic carbocycles. The van der Waals surface area contributed by atoms with E-state index >= 15 is 0 Å². The zero-order valence-electron chi connectivity index (χ0n) is 12.6. The van der Waals surface area contributed by atoms with E-state index in [1.165, 1.54) is 11.8 Å². The van der Waals surface area contributed by atoms with E-state index < -0.39 is 0 Å². The molecule has 6 nitrogen and oxygen atoms in total. The molecule has 0 aliphatic heterocycles. The molecule has 1 unspecified atom stereocenters. The van der Waals surface area contributed by atoms with Crippen LogP contribution in [0.3, 0.4) is 0 Å². The van der Waals surface area contributed by atoms with Crippen LogP contribution in [0, 0.1) is 0 Å². The molecule has 1 atom stereocenters. The van der Waals surface area contributed by atoms with Crippen LogP contribution in [0.25, 0.3) is 11.5 Å². The van der Waals surface area contributed by atoms with Crippen LogP contribution in [0.15, 0.2) is 40.0 Å². The van der Waals surface area contributed by atoms with E-state index in [1.807, 2.05) is 37.3 Å². The number of nitrogens with one attached hydrogen (secondary N) is 1. The van der Waals surface area contributed by atoms with Gasteiger partial charge in [0.15, 0.2) is 0 Å². The van der Waals surface area contributed by atoms with Crippen LogP contribution in [0.2, 0.25) is 0 Å².